The molecule has 0 saturated carbocycles. The summed E-state index contributed by atoms with van der Waals surface area (Å²) in [4.78, 5) is 11.4. The first-order chi connectivity index (χ1) is 11.9. The molecule has 0 aliphatic carbocycles. The Kier molecular flexibility index (Phi) is 6.34. The Morgan fingerprint density at radius 3 is 2.32 bits per heavy atom. The molecule has 1 aliphatic heterocycles. The number of benzene rings is 1. The van der Waals surface area contributed by atoms with Crippen LogP contribution in [0.3, 0.4) is 0 Å². The van der Waals surface area contributed by atoms with Gasteiger partial charge in [-0.15, -0.1) is 0 Å². The van der Waals surface area contributed by atoms with Crippen molar-refractivity contribution in [1.29, 1.82) is 0 Å². The molecule has 1 fully saturated rings. The Morgan fingerprint density at radius 1 is 1.16 bits per heavy atom. The molecule has 1 aliphatic rings. The van der Waals surface area contributed by atoms with Crippen molar-refractivity contribution in [2.24, 2.45) is 0 Å². The van der Waals surface area contributed by atoms with Crippen molar-refractivity contribution in [2.45, 2.75) is 30.7 Å². The van der Waals surface area contributed by atoms with Crippen LogP contribution in [0.4, 0.5) is 0 Å². The molecule has 0 aromatic heterocycles. The predicted octanol–water partition coefficient (Wildman–Crippen LogP) is -1.06. The zero-order chi connectivity index (χ0) is 18.6. The highest BCUT2D eigenvalue weighted by Gasteiger charge is 2.45. The summed E-state index contributed by atoms with van der Waals surface area (Å²) in [6.07, 6.45) is -6.49. The first-order valence-corrected chi connectivity index (χ1v) is 7.43. The number of carbonyl (C=O) groups is 1. The van der Waals surface area contributed by atoms with Gasteiger partial charge < -0.3 is 39.7 Å². The average Bonchev–Trinajstić information content (AvgIpc) is 2.61. The molecule has 25 heavy (non-hydrogen) atoms. The lowest BCUT2D eigenvalue weighted by atomic mass is 9.99. The van der Waals surface area contributed by atoms with Crippen molar-refractivity contribution >= 4 is 12.0 Å². The van der Waals surface area contributed by atoms with Gasteiger partial charge in [0.1, 0.15) is 30.2 Å². The normalized spacial score (nSPS) is 30.0. The van der Waals surface area contributed by atoms with Crippen molar-refractivity contribution in [3.05, 3.63) is 35.6 Å². The highest BCUT2D eigenvalue weighted by atomic mass is 16.7. The van der Waals surface area contributed by atoms with Gasteiger partial charge in [-0.3, -0.25) is 0 Å². The molecule has 0 unspecified atom stereocenters. The maximum Gasteiger partial charge on any atom is 0.371 e. The molecular formula is C16H20O9. The molecule has 5 N–H and O–H groups in total. The van der Waals surface area contributed by atoms with Crippen molar-refractivity contribution in [3.8, 4) is 5.75 Å². The number of carboxylic acids is 1. The number of hydrogen-bond donors (Lipinski definition) is 5. The molecule has 1 aromatic rings. The molecule has 1 saturated heterocycles. The number of aliphatic hydroxyl groups is 4. The number of methoxy groups -OCH3 is 1. The molecule has 5 atom stereocenters. The SMILES string of the molecule is COc1ccc(/C=C(/O[C@@H]2O[C@H](CO)[C@@H](O)[C@H](O)[C@H]2O)C(=O)O)cc1. The summed E-state index contributed by atoms with van der Waals surface area (Å²) < 4.78 is 15.3. The molecule has 138 valence electrons. The smallest absolute Gasteiger partial charge is 0.371 e. The molecule has 0 amide bonds. The Morgan fingerprint density at radius 2 is 1.80 bits per heavy atom. The van der Waals surface area contributed by atoms with Crippen LogP contribution in [0.5, 0.6) is 5.75 Å². The van der Waals surface area contributed by atoms with E-state index >= 15 is 0 Å². The predicted molar refractivity (Wildman–Crippen MR) is 83.5 cm³/mol. The quantitative estimate of drug-likeness (QED) is 0.318. The lowest BCUT2D eigenvalue weighted by Crippen LogP contribution is -2.59. The van der Waals surface area contributed by atoms with Crippen LogP contribution in [0.1, 0.15) is 5.56 Å². The van der Waals surface area contributed by atoms with Crippen molar-refractivity contribution < 1.29 is 44.5 Å². The first-order valence-electron chi connectivity index (χ1n) is 7.43. The fourth-order valence-electron chi connectivity index (χ4n) is 2.29. The molecule has 2 rings (SSSR count). The Balaban J connectivity index is 2.20. The maximum atomic E-state index is 11.4. The third-order valence-corrected chi connectivity index (χ3v) is 3.72. The van der Waals surface area contributed by atoms with Gasteiger partial charge in [-0.25, -0.2) is 4.79 Å². The van der Waals surface area contributed by atoms with Crippen LogP contribution >= 0.6 is 0 Å². The van der Waals surface area contributed by atoms with Gasteiger partial charge in [-0.1, -0.05) is 12.1 Å². The van der Waals surface area contributed by atoms with Crippen LogP contribution in [-0.2, 0) is 14.3 Å². The summed E-state index contributed by atoms with van der Waals surface area (Å²) in [5.41, 5.74) is 0.489. The molecule has 1 aromatic carbocycles. The van der Waals surface area contributed by atoms with E-state index in [9.17, 15) is 25.2 Å². The van der Waals surface area contributed by atoms with Gasteiger partial charge >= 0.3 is 5.97 Å². The van der Waals surface area contributed by atoms with E-state index in [1.807, 2.05) is 0 Å². The zero-order valence-electron chi connectivity index (χ0n) is 13.3. The second-order valence-corrected chi connectivity index (χ2v) is 5.40. The van der Waals surface area contributed by atoms with Gasteiger partial charge in [0.05, 0.1) is 13.7 Å². The van der Waals surface area contributed by atoms with Gasteiger partial charge in [0.15, 0.2) is 0 Å². The summed E-state index contributed by atoms with van der Waals surface area (Å²) in [6.45, 7) is -0.643. The van der Waals surface area contributed by atoms with Gasteiger partial charge in [0.25, 0.3) is 0 Å². The van der Waals surface area contributed by atoms with Gasteiger partial charge in [-0.2, -0.15) is 0 Å². The van der Waals surface area contributed by atoms with Crippen LogP contribution < -0.4 is 4.74 Å². The number of aliphatic hydroxyl groups excluding tert-OH is 4. The summed E-state index contributed by atoms with van der Waals surface area (Å²) in [6, 6.07) is 6.44. The fourth-order valence-corrected chi connectivity index (χ4v) is 2.29. The summed E-state index contributed by atoms with van der Waals surface area (Å²) in [5, 5.41) is 47.7. The van der Waals surface area contributed by atoms with Crippen molar-refractivity contribution in [1.82, 2.24) is 0 Å². The lowest BCUT2D eigenvalue weighted by molar-refractivity contribution is -0.291. The average molecular weight is 356 g/mol. The van der Waals surface area contributed by atoms with E-state index in [-0.39, 0.29) is 0 Å². The van der Waals surface area contributed by atoms with E-state index in [0.29, 0.717) is 11.3 Å². The molecule has 0 spiro atoms. The molecule has 9 nitrogen and oxygen atoms in total. The van der Waals surface area contributed by atoms with E-state index < -0.39 is 49.0 Å². The topological polar surface area (TPSA) is 146 Å². The summed E-state index contributed by atoms with van der Waals surface area (Å²) in [5.74, 6) is -1.38. The van der Waals surface area contributed by atoms with Crippen molar-refractivity contribution in [2.75, 3.05) is 13.7 Å². The molecule has 9 heteroatoms. The number of carboxylic acid groups (broad SMARTS) is 1. The summed E-state index contributed by atoms with van der Waals surface area (Å²) in [7, 11) is 1.50. The van der Waals surface area contributed by atoms with Crippen LogP contribution in [0.2, 0.25) is 0 Å². The monoisotopic (exact) mass is 356 g/mol. The van der Waals surface area contributed by atoms with E-state index in [1.165, 1.54) is 13.2 Å². The lowest BCUT2D eigenvalue weighted by Gasteiger charge is -2.39. The van der Waals surface area contributed by atoms with Crippen LogP contribution in [0, 0.1) is 0 Å². The minimum atomic E-state index is -1.70. The number of rotatable bonds is 6. The van der Waals surface area contributed by atoms with E-state index in [2.05, 4.69) is 0 Å². The number of hydrogen-bond acceptors (Lipinski definition) is 8. The standard InChI is InChI=1S/C16H20O9/c1-23-9-4-2-8(3-5-9)6-10(15(21)22)24-16-14(20)13(19)12(18)11(7-17)25-16/h2-6,11-14,16-20H,7H2,1H3,(H,21,22)/b10-6+/t11-,12-,13+,14-,16-/m1/s1. The zero-order valence-corrected chi connectivity index (χ0v) is 13.3. The van der Waals surface area contributed by atoms with Crippen LogP contribution in [0.25, 0.3) is 6.08 Å². The van der Waals surface area contributed by atoms with E-state index in [4.69, 9.17) is 19.3 Å². The Bertz CT molecular complexity index is 611. The first kappa shape index (κ1) is 19.2. The Labute approximate surface area is 143 Å². The van der Waals surface area contributed by atoms with Crippen LogP contribution in [-0.4, -0.2) is 75.9 Å². The van der Waals surface area contributed by atoms with Gasteiger partial charge in [0, 0.05) is 0 Å². The molecule has 0 bridgehead atoms. The third-order valence-electron chi connectivity index (χ3n) is 3.72. The largest absolute Gasteiger partial charge is 0.497 e. The minimum Gasteiger partial charge on any atom is -0.497 e. The highest BCUT2D eigenvalue weighted by Crippen LogP contribution is 2.24. The second-order valence-electron chi connectivity index (χ2n) is 5.40. The summed E-state index contributed by atoms with van der Waals surface area (Å²) >= 11 is 0. The third kappa shape index (κ3) is 4.47. The van der Waals surface area contributed by atoms with E-state index in [1.54, 1.807) is 24.3 Å². The van der Waals surface area contributed by atoms with Gasteiger partial charge in [0.2, 0.25) is 12.0 Å². The maximum absolute atomic E-state index is 11.4. The van der Waals surface area contributed by atoms with Crippen LogP contribution in [0.15, 0.2) is 30.0 Å². The Hall–Kier alpha value is -2.17. The molecule has 0 radical (unpaired) electrons. The molecular weight excluding hydrogens is 336 g/mol. The van der Waals surface area contributed by atoms with E-state index in [0.717, 1.165) is 0 Å². The highest BCUT2D eigenvalue weighted by molar-refractivity contribution is 5.89. The molecule has 1 heterocycles. The number of aliphatic carboxylic acids is 1. The number of ether oxygens (including phenoxy) is 3. The fraction of sp³-hybridized carbons (Fsp3) is 0.438. The van der Waals surface area contributed by atoms with Gasteiger partial charge in [-0.05, 0) is 23.8 Å². The second kappa shape index (κ2) is 8.28. The van der Waals surface area contributed by atoms with Crippen molar-refractivity contribution in [3.63, 3.8) is 0 Å². The minimum absolute atomic E-state index is 0.489.